The zero-order valence-corrected chi connectivity index (χ0v) is 16.9. The molecule has 3 heterocycles. The van der Waals surface area contributed by atoms with Crippen LogP contribution in [0, 0.1) is 5.82 Å². The van der Waals surface area contributed by atoms with Crippen LogP contribution in [0.3, 0.4) is 0 Å². The van der Waals surface area contributed by atoms with Crippen molar-refractivity contribution in [2.75, 3.05) is 39.3 Å². The van der Waals surface area contributed by atoms with Crippen LogP contribution in [0.1, 0.15) is 18.4 Å². The van der Waals surface area contributed by atoms with E-state index in [4.69, 9.17) is 9.47 Å². The van der Waals surface area contributed by atoms with Crippen LogP contribution in [0.15, 0.2) is 48.8 Å². The number of amides is 1. The Morgan fingerprint density at radius 2 is 2.13 bits per heavy atom. The van der Waals surface area contributed by atoms with Gasteiger partial charge >= 0.3 is 0 Å². The largest absolute Gasteiger partial charge is 0.453 e. The minimum absolute atomic E-state index is 0.0529. The molecule has 2 aromatic rings. The van der Waals surface area contributed by atoms with E-state index in [1.807, 2.05) is 4.90 Å². The molecule has 0 spiro atoms. The molecule has 1 aromatic carbocycles. The maximum absolute atomic E-state index is 14.3. The maximum atomic E-state index is 14.3. The zero-order valence-electron chi connectivity index (χ0n) is 16.9. The van der Waals surface area contributed by atoms with Crippen molar-refractivity contribution in [1.29, 1.82) is 0 Å². The Labute approximate surface area is 175 Å². The third-order valence-electron chi connectivity index (χ3n) is 5.41. The number of carbonyl (C=O) groups excluding carboxylic acids is 1. The highest BCUT2D eigenvalue weighted by Crippen LogP contribution is 2.25. The summed E-state index contributed by atoms with van der Waals surface area (Å²) in [5, 5.41) is 0. The molecule has 1 atom stereocenters. The van der Waals surface area contributed by atoms with Crippen LogP contribution < -0.4 is 4.74 Å². The molecule has 1 unspecified atom stereocenters. The lowest BCUT2D eigenvalue weighted by atomic mass is 10.2. The topological polar surface area (TPSA) is 54.9 Å². The Balaban J connectivity index is 1.28. The summed E-state index contributed by atoms with van der Waals surface area (Å²) in [5.41, 5.74) is 0.608. The highest BCUT2D eigenvalue weighted by Gasteiger charge is 2.24. The molecule has 0 aliphatic carbocycles. The van der Waals surface area contributed by atoms with E-state index in [0.717, 1.165) is 39.1 Å². The zero-order chi connectivity index (χ0) is 20.8. The van der Waals surface area contributed by atoms with E-state index >= 15 is 0 Å². The number of hydrogen-bond acceptors (Lipinski definition) is 5. The SMILES string of the molecule is O=C(/C=C/c1ccc(Oc2cccnc2)c(F)c1)N1CCN(CC2CCCO2)CC1. The van der Waals surface area contributed by atoms with Crippen LogP contribution in [0.2, 0.25) is 0 Å². The number of pyridine rings is 1. The molecule has 7 heteroatoms. The third kappa shape index (κ3) is 5.43. The van der Waals surface area contributed by atoms with Crippen molar-refractivity contribution in [2.45, 2.75) is 18.9 Å². The molecule has 0 saturated carbocycles. The third-order valence-corrected chi connectivity index (χ3v) is 5.41. The number of benzene rings is 1. The van der Waals surface area contributed by atoms with E-state index in [-0.39, 0.29) is 11.7 Å². The maximum Gasteiger partial charge on any atom is 0.246 e. The lowest BCUT2D eigenvalue weighted by Crippen LogP contribution is -2.50. The second kappa shape index (κ2) is 9.82. The number of aromatic nitrogens is 1. The van der Waals surface area contributed by atoms with Crippen molar-refractivity contribution in [1.82, 2.24) is 14.8 Å². The van der Waals surface area contributed by atoms with Gasteiger partial charge in [-0.1, -0.05) is 6.07 Å². The first-order valence-corrected chi connectivity index (χ1v) is 10.4. The van der Waals surface area contributed by atoms with Crippen LogP contribution in [0.4, 0.5) is 4.39 Å². The van der Waals surface area contributed by atoms with Gasteiger partial charge in [0, 0.05) is 51.6 Å². The second-order valence-corrected chi connectivity index (χ2v) is 7.57. The fraction of sp³-hybridized carbons (Fsp3) is 0.391. The van der Waals surface area contributed by atoms with Gasteiger partial charge in [0.2, 0.25) is 5.91 Å². The van der Waals surface area contributed by atoms with Gasteiger partial charge in [0.1, 0.15) is 5.75 Å². The Hall–Kier alpha value is -2.77. The molecule has 1 amide bonds. The molecule has 6 nitrogen and oxygen atoms in total. The molecule has 158 valence electrons. The Kier molecular flexibility index (Phi) is 6.71. The monoisotopic (exact) mass is 411 g/mol. The van der Waals surface area contributed by atoms with Gasteiger partial charge < -0.3 is 14.4 Å². The molecule has 2 fully saturated rings. The summed E-state index contributed by atoms with van der Waals surface area (Å²) in [6.45, 7) is 4.92. The number of nitrogens with zero attached hydrogens (tertiary/aromatic N) is 3. The average molecular weight is 411 g/mol. The number of carbonyl (C=O) groups is 1. The first kappa shape index (κ1) is 20.5. The fourth-order valence-corrected chi connectivity index (χ4v) is 3.74. The summed E-state index contributed by atoms with van der Waals surface area (Å²) in [5.74, 6) is 0.0430. The molecule has 30 heavy (non-hydrogen) atoms. The van der Waals surface area contributed by atoms with Gasteiger partial charge in [0.15, 0.2) is 11.6 Å². The van der Waals surface area contributed by atoms with Crippen molar-refractivity contribution in [3.8, 4) is 11.5 Å². The van der Waals surface area contributed by atoms with Gasteiger partial charge in [-0.25, -0.2) is 4.39 Å². The molecular weight excluding hydrogens is 385 g/mol. The molecule has 0 bridgehead atoms. The molecular formula is C23H26FN3O3. The Bertz CT molecular complexity index is 877. The van der Waals surface area contributed by atoms with Crippen molar-refractivity contribution >= 4 is 12.0 Å². The highest BCUT2D eigenvalue weighted by molar-refractivity contribution is 5.91. The summed E-state index contributed by atoms with van der Waals surface area (Å²) in [6.07, 6.45) is 8.90. The predicted molar refractivity (Wildman–Crippen MR) is 112 cm³/mol. The Morgan fingerprint density at radius 1 is 1.27 bits per heavy atom. The van der Waals surface area contributed by atoms with Crippen LogP contribution >= 0.6 is 0 Å². The lowest BCUT2D eigenvalue weighted by Gasteiger charge is -2.35. The van der Waals surface area contributed by atoms with E-state index in [0.29, 0.717) is 30.5 Å². The minimum Gasteiger partial charge on any atom is -0.453 e. The van der Waals surface area contributed by atoms with E-state index in [1.165, 1.54) is 18.3 Å². The predicted octanol–water partition coefficient (Wildman–Crippen LogP) is 3.35. The molecule has 0 radical (unpaired) electrons. The first-order chi connectivity index (χ1) is 14.7. The van der Waals surface area contributed by atoms with Gasteiger partial charge in [-0.05, 0) is 48.7 Å². The number of ether oxygens (including phenoxy) is 2. The first-order valence-electron chi connectivity index (χ1n) is 10.4. The summed E-state index contributed by atoms with van der Waals surface area (Å²) < 4.78 is 25.5. The molecule has 1 aromatic heterocycles. The number of hydrogen-bond donors (Lipinski definition) is 0. The summed E-state index contributed by atoms with van der Waals surface area (Å²) in [4.78, 5) is 20.6. The standard InChI is InChI=1S/C23H26FN3O3/c24-21-15-18(5-7-22(21)30-19-3-1-9-25-16-19)6-8-23(28)27-12-10-26(11-13-27)17-20-4-2-14-29-20/h1,3,5-9,15-16,20H,2,4,10-14,17H2/b8-6+. The van der Waals surface area contributed by atoms with Gasteiger partial charge in [-0.3, -0.25) is 14.7 Å². The normalized spacial score (nSPS) is 20.0. The van der Waals surface area contributed by atoms with Crippen LogP contribution in [0.25, 0.3) is 6.08 Å². The minimum atomic E-state index is -0.490. The number of rotatable bonds is 6. The van der Waals surface area contributed by atoms with Crippen LogP contribution in [-0.2, 0) is 9.53 Å². The van der Waals surface area contributed by atoms with Crippen LogP contribution in [0.5, 0.6) is 11.5 Å². The summed E-state index contributed by atoms with van der Waals surface area (Å²) in [7, 11) is 0. The second-order valence-electron chi connectivity index (χ2n) is 7.57. The highest BCUT2D eigenvalue weighted by atomic mass is 19.1. The van der Waals surface area contributed by atoms with Gasteiger partial charge in [-0.2, -0.15) is 0 Å². The van der Waals surface area contributed by atoms with Gasteiger partial charge in [0.25, 0.3) is 0 Å². The summed E-state index contributed by atoms with van der Waals surface area (Å²) >= 11 is 0. The molecule has 4 rings (SSSR count). The average Bonchev–Trinajstić information content (AvgIpc) is 3.28. The van der Waals surface area contributed by atoms with E-state index < -0.39 is 5.82 Å². The van der Waals surface area contributed by atoms with Crippen LogP contribution in [-0.4, -0.2) is 66.1 Å². The Morgan fingerprint density at radius 3 is 2.83 bits per heavy atom. The fourth-order valence-electron chi connectivity index (χ4n) is 3.74. The molecule has 2 aliphatic heterocycles. The smallest absolute Gasteiger partial charge is 0.246 e. The molecule has 2 aliphatic rings. The van der Waals surface area contributed by atoms with E-state index in [1.54, 1.807) is 36.5 Å². The van der Waals surface area contributed by atoms with E-state index in [2.05, 4.69) is 9.88 Å². The molecule has 0 N–H and O–H groups in total. The van der Waals surface area contributed by atoms with Crippen molar-refractivity contribution in [2.24, 2.45) is 0 Å². The van der Waals surface area contributed by atoms with E-state index in [9.17, 15) is 9.18 Å². The quantitative estimate of drug-likeness (QED) is 0.683. The van der Waals surface area contributed by atoms with Gasteiger partial charge in [-0.15, -0.1) is 0 Å². The summed E-state index contributed by atoms with van der Waals surface area (Å²) in [6, 6.07) is 8.06. The van der Waals surface area contributed by atoms with Gasteiger partial charge in [0.05, 0.1) is 12.3 Å². The lowest BCUT2D eigenvalue weighted by molar-refractivity contribution is -0.127. The molecule has 2 saturated heterocycles. The number of piperazine rings is 1. The number of halogens is 1. The van der Waals surface area contributed by atoms with Crippen molar-refractivity contribution in [3.63, 3.8) is 0 Å². The van der Waals surface area contributed by atoms with Crippen molar-refractivity contribution < 1.29 is 18.7 Å². The van der Waals surface area contributed by atoms with Crippen molar-refractivity contribution in [3.05, 3.63) is 60.2 Å².